The molecule has 0 aromatic carbocycles. The smallest absolute Gasteiger partial charge is 0.317 e. The molecule has 0 atom stereocenters. The molecule has 2 rings (SSSR count). The number of hydrogen-bond donors (Lipinski definition) is 1. The first kappa shape index (κ1) is 12.9. The van der Waals surface area contributed by atoms with Crippen molar-refractivity contribution in [3.63, 3.8) is 0 Å². The fraction of sp³-hybridized carbons (Fsp3) is 0.692. The summed E-state index contributed by atoms with van der Waals surface area (Å²) in [6.45, 7) is 5.00. The van der Waals surface area contributed by atoms with E-state index in [1.165, 1.54) is 0 Å². The van der Waals surface area contributed by atoms with Gasteiger partial charge in [-0.05, 0) is 24.3 Å². The van der Waals surface area contributed by atoms with Gasteiger partial charge in [0.1, 0.15) is 0 Å². The SMILES string of the molecule is CN(Cc1ccn(C)n1)C(=O)NC1CC(C)(C)C1. The molecular formula is C13H22N4O. The third-order valence-corrected chi connectivity index (χ3v) is 3.44. The predicted molar refractivity (Wildman–Crippen MR) is 70.0 cm³/mol. The van der Waals surface area contributed by atoms with Crippen molar-refractivity contribution in [3.05, 3.63) is 18.0 Å². The highest BCUT2D eigenvalue weighted by molar-refractivity contribution is 5.74. The van der Waals surface area contributed by atoms with Crippen LogP contribution in [0.3, 0.4) is 0 Å². The molecule has 1 aliphatic rings. The summed E-state index contributed by atoms with van der Waals surface area (Å²) in [6.07, 6.45) is 4.02. The first-order valence-corrected chi connectivity index (χ1v) is 6.36. The molecule has 5 heteroatoms. The Morgan fingerprint density at radius 2 is 2.28 bits per heavy atom. The van der Waals surface area contributed by atoms with Crippen molar-refractivity contribution in [2.24, 2.45) is 12.5 Å². The van der Waals surface area contributed by atoms with E-state index < -0.39 is 0 Å². The lowest BCUT2D eigenvalue weighted by Gasteiger charge is -2.43. The van der Waals surface area contributed by atoms with Crippen LogP contribution < -0.4 is 5.32 Å². The second kappa shape index (κ2) is 4.63. The van der Waals surface area contributed by atoms with Crippen LogP contribution in [0, 0.1) is 5.41 Å². The molecule has 18 heavy (non-hydrogen) atoms. The summed E-state index contributed by atoms with van der Waals surface area (Å²) < 4.78 is 1.75. The summed E-state index contributed by atoms with van der Waals surface area (Å²) in [5, 5.41) is 7.32. The Morgan fingerprint density at radius 3 is 2.78 bits per heavy atom. The number of aromatic nitrogens is 2. The Balaban J connectivity index is 1.79. The second-order valence-corrected chi connectivity index (χ2v) is 6.06. The quantitative estimate of drug-likeness (QED) is 0.888. The first-order valence-electron chi connectivity index (χ1n) is 6.36. The van der Waals surface area contributed by atoms with E-state index in [4.69, 9.17) is 0 Å². The fourth-order valence-corrected chi connectivity index (χ4v) is 2.52. The van der Waals surface area contributed by atoms with Gasteiger partial charge in [-0.1, -0.05) is 13.8 Å². The van der Waals surface area contributed by atoms with Crippen LogP contribution in [0.2, 0.25) is 0 Å². The van der Waals surface area contributed by atoms with Gasteiger partial charge in [-0.3, -0.25) is 4.68 Å². The highest BCUT2D eigenvalue weighted by atomic mass is 16.2. The molecule has 0 radical (unpaired) electrons. The van der Waals surface area contributed by atoms with Crippen LogP contribution in [-0.4, -0.2) is 33.8 Å². The van der Waals surface area contributed by atoms with Gasteiger partial charge in [-0.2, -0.15) is 5.10 Å². The summed E-state index contributed by atoms with van der Waals surface area (Å²) in [7, 11) is 3.67. The monoisotopic (exact) mass is 250 g/mol. The van der Waals surface area contributed by atoms with Gasteiger partial charge >= 0.3 is 6.03 Å². The highest BCUT2D eigenvalue weighted by Crippen LogP contribution is 2.39. The van der Waals surface area contributed by atoms with Gasteiger partial charge in [0.15, 0.2) is 0 Å². The minimum atomic E-state index is -0.0128. The Bertz CT molecular complexity index is 430. The molecule has 0 saturated heterocycles. The van der Waals surface area contributed by atoms with Gasteiger partial charge in [-0.15, -0.1) is 0 Å². The van der Waals surface area contributed by atoms with Gasteiger partial charge in [0.2, 0.25) is 0 Å². The number of carbonyl (C=O) groups excluding carboxylic acids is 1. The summed E-state index contributed by atoms with van der Waals surface area (Å²) >= 11 is 0. The summed E-state index contributed by atoms with van der Waals surface area (Å²) in [4.78, 5) is 13.6. The second-order valence-electron chi connectivity index (χ2n) is 6.06. The van der Waals surface area contributed by atoms with Crippen LogP contribution in [-0.2, 0) is 13.6 Å². The maximum atomic E-state index is 11.9. The third-order valence-electron chi connectivity index (χ3n) is 3.44. The van der Waals surface area contributed by atoms with Gasteiger partial charge in [-0.25, -0.2) is 4.79 Å². The molecule has 1 heterocycles. The maximum absolute atomic E-state index is 11.9. The van der Waals surface area contributed by atoms with E-state index >= 15 is 0 Å². The lowest BCUT2D eigenvalue weighted by molar-refractivity contribution is 0.122. The van der Waals surface area contributed by atoms with Gasteiger partial charge in [0.05, 0.1) is 12.2 Å². The van der Waals surface area contributed by atoms with E-state index in [9.17, 15) is 4.79 Å². The zero-order valence-electron chi connectivity index (χ0n) is 11.6. The molecule has 1 aromatic heterocycles. The van der Waals surface area contributed by atoms with E-state index in [1.54, 1.807) is 16.6 Å². The molecule has 0 unspecified atom stereocenters. The van der Waals surface area contributed by atoms with Crippen molar-refractivity contribution < 1.29 is 4.79 Å². The predicted octanol–water partition coefficient (Wildman–Crippen LogP) is 1.75. The standard InChI is InChI=1S/C13H22N4O/c1-13(2)7-11(8-13)14-12(18)16(3)9-10-5-6-17(4)15-10/h5-6,11H,7-9H2,1-4H3,(H,14,18). The molecule has 5 nitrogen and oxygen atoms in total. The van der Waals surface area contributed by atoms with Crippen molar-refractivity contribution in [2.45, 2.75) is 39.3 Å². The van der Waals surface area contributed by atoms with Crippen molar-refractivity contribution in [1.29, 1.82) is 0 Å². The van der Waals surface area contributed by atoms with Crippen molar-refractivity contribution >= 4 is 6.03 Å². The molecule has 0 spiro atoms. The molecule has 1 N–H and O–H groups in total. The zero-order chi connectivity index (χ0) is 13.3. The van der Waals surface area contributed by atoms with Crippen LogP contribution in [0.4, 0.5) is 4.79 Å². The third kappa shape index (κ3) is 3.03. The Hall–Kier alpha value is -1.52. The fourth-order valence-electron chi connectivity index (χ4n) is 2.52. The number of amides is 2. The minimum Gasteiger partial charge on any atom is -0.335 e. The lowest BCUT2D eigenvalue weighted by atomic mass is 9.68. The summed E-state index contributed by atoms with van der Waals surface area (Å²) in [5.74, 6) is 0. The number of nitrogens with one attached hydrogen (secondary N) is 1. The van der Waals surface area contributed by atoms with E-state index in [2.05, 4.69) is 24.3 Å². The van der Waals surface area contributed by atoms with Crippen LogP contribution in [0.25, 0.3) is 0 Å². The number of carbonyl (C=O) groups is 1. The van der Waals surface area contributed by atoms with Gasteiger partial charge in [0.25, 0.3) is 0 Å². The molecule has 100 valence electrons. The summed E-state index contributed by atoms with van der Waals surface area (Å²) in [5.41, 5.74) is 1.29. The van der Waals surface area contributed by atoms with E-state index in [1.807, 2.05) is 19.3 Å². The largest absolute Gasteiger partial charge is 0.335 e. The van der Waals surface area contributed by atoms with Crippen molar-refractivity contribution in [3.8, 4) is 0 Å². The molecule has 1 aromatic rings. The van der Waals surface area contributed by atoms with Gasteiger partial charge in [0, 0.05) is 26.3 Å². The van der Waals surface area contributed by atoms with Crippen LogP contribution in [0.15, 0.2) is 12.3 Å². The lowest BCUT2D eigenvalue weighted by Crippen LogP contribution is -2.51. The molecule has 1 saturated carbocycles. The topological polar surface area (TPSA) is 50.2 Å². The van der Waals surface area contributed by atoms with Crippen molar-refractivity contribution in [2.75, 3.05) is 7.05 Å². The molecule has 0 aliphatic heterocycles. The molecular weight excluding hydrogens is 228 g/mol. The minimum absolute atomic E-state index is 0.0128. The Morgan fingerprint density at radius 1 is 1.61 bits per heavy atom. The Labute approximate surface area is 108 Å². The number of aryl methyl sites for hydroxylation is 1. The summed E-state index contributed by atoms with van der Waals surface area (Å²) in [6, 6.07) is 2.25. The van der Waals surface area contributed by atoms with E-state index in [0.717, 1.165) is 18.5 Å². The van der Waals surface area contributed by atoms with Crippen LogP contribution in [0.5, 0.6) is 0 Å². The van der Waals surface area contributed by atoms with Crippen LogP contribution >= 0.6 is 0 Å². The van der Waals surface area contributed by atoms with Crippen LogP contribution in [0.1, 0.15) is 32.4 Å². The van der Waals surface area contributed by atoms with E-state index in [0.29, 0.717) is 18.0 Å². The van der Waals surface area contributed by atoms with Crippen molar-refractivity contribution in [1.82, 2.24) is 20.0 Å². The molecule has 1 aliphatic carbocycles. The molecule has 2 amide bonds. The molecule has 0 bridgehead atoms. The normalized spacial score (nSPS) is 18.2. The maximum Gasteiger partial charge on any atom is 0.317 e. The number of rotatable bonds is 3. The zero-order valence-corrected chi connectivity index (χ0v) is 11.6. The number of nitrogens with zero attached hydrogens (tertiary/aromatic N) is 3. The first-order chi connectivity index (χ1) is 8.35. The number of hydrogen-bond acceptors (Lipinski definition) is 2. The molecule has 1 fully saturated rings. The van der Waals surface area contributed by atoms with Gasteiger partial charge < -0.3 is 10.2 Å². The number of urea groups is 1. The average Bonchev–Trinajstić information content (AvgIpc) is 2.61. The highest BCUT2D eigenvalue weighted by Gasteiger charge is 2.37. The van der Waals surface area contributed by atoms with E-state index in [-0.39, 0.29) is 6.03 Å². The Kier molecular flexibility index (Phi) is 3.32. The average molecular weight is 250 g/mol.